The van der Waals surface area contributed by atoms with E-state index in [4.69, 9.17) is 10.5 Å². The normalized spacial score (nSPS) is 10.9. The number of nitrogen functional groups attached to an aromatic ring is 1. The molecule has 5 heteroatoms. The topological polar surface area (TPSA) is 61.0 Å². The van der Waals surface area contributed by atoms with Crippen LogP contribution in [0.4, 0.5) is 5.82 Å². The molecule has 0 aromatic carbocycles. The summed E-state index contributed by atoms with van der Waals surface area (Å²) in [4.78, 5) is 9.86. The standard InChI is InChI=1S/C13H17N3OS/c1-8(2)12-15-11(14)9(3)13(16-12)17-7-10-5-4-6-18-10/h4-6,8H,7H2,1-3H3,(H2,14,15,16). The van der Waals surface area contributed by atoms with Gasteiger partial charge in [0.05, 0.1) is 5.56 Å². The van der Waals surface area contributed by atoms with Crippen LogP contribution in [0.15, 0.2) is 17.5 Å². The Morgan fingerprint density at radius 2 is 2.17 bits per heavy atom. The number of ether oxygens (including phenoxy) is 1. The first-order chi connectivity index (χ1) is 8.58. The van der Waals surface area contributed by atoms with Gasteiger partial charge in [-0.1, -0.05) is 19.9 Å². The zero-order chi connectivity index (χ0) is 13.1. The molecule has 0 amide bonds. The Balaban J connectivity index is 2.20. The number of thiophene rings is 1. The fraction of sp³-hybridized carbons (Fsp3) is 0.385. The van der Waals surface area contributed by atoms with E-state index in [0.29, 0.717) is 18.3 Å². The molecule has 0 bridgehead atoms. The van der Waals surface area contributed by atoms with Gasteiger partial charge in [0.2, 0.25) is 5.88 Å². The number of anilines is 1. The SMILES string of the molecule is Cc1c(N)nc(C(C)C)nc1OCc1cccs1. The van der Waals surface area contributed by atoms with Gasteiger partial charge in [-0.2, -0.15) is 4.98 Å². The van der Waals surface area contributed by atoms with Crippen molar-refractivity contribution in [3.8, 4) is 5.88 Å². The lowest BCUT2D eigenvalue weighted by Crippen LogP contribution is -2.07. The summed E-state index contributed by atoms with van der Waals surface area (Å²) in [5.41, 5.74) is 6.68. The molecule has 0 radical (unpaired) electrons. The van der Waals surface area contributed by atoms with E-state index in [1.807, 2.05) is 38.3 Å². The van der Waals surface area contributed by atoms with E-state index in [1.165, 1.54) is 0 Å². The highest BCUT2D eigenvalue weighted by molar-refractivity contribution is 7.09. The van der Waals surface area contributed by atoms with E-state index in [9.17, 15) is 0 Å². The van der Waals surface area contributed by atoms with Crippen molar-refractivity contribution in [1.82, 2.24) is 9.97 Å². The van der Waals surface area contributed by atoms with Crippen molar-refractivity contribution in [3.05, 3.63) is 33.8 Å². The first-order valence-electron chi connectivity index (χ1n) is 5.87. The number of aromatic nitrogens is 2. The minimum Gasteiger partial charge on any atom is -0.472 e. The molecule has 0 unspecified atom stereocenters. The summed E-state index contributed by atoms with van der Waals surface area (Å²) in [5, 5.41) is 2.03. The summed E-state index contributed by atoms with van der Waals surface area (Å²) in [5.74, 6) is 2.03. The predicted molar refractivity (Wildman–Crippen MR) is 73.9 cm³/mol. The second-order valence-electron chi connectivity index (χ2n) is 4.42. The molecule has 0 fully saturated rings. The van der Waals surface area contributed by atoms with Crippen molar-refractivity contribution >= 4 is 17.2 Å². The Labute approximate surface area is 111 Å². The summed E-state index contributed by atoms with van der Waals surface area (Å²) in [7, 11) is 0. The van der Waals surface area contributed by atoms with Crippen LogP contribution in [0.2, 0.25) is 0 Å². The third-order valence-electron chi connectivity index (χ3n) is 2.60. The molecular weight excluding hydrogens is 246 g/mol. The largest absolute Gasteiger partial charge is 0.472 e. The van der Waals surface area contributed by atoms with Crippen LogP contribution in [0.5, 0.6) is 5.88 Å². The lowest BCUT2D eigenvalue weighted by Gasteiger charge is -2.12. The molecule has 2 aromatic rings. The van der Waals surface area contributed by atoms with E-state index in [-0.39, 0.29) is 5.92 Å². The molecule has 4 nitrogen and oxygen atoms in total. The van der Waals surface area contributed by atoms with E-state index >= 15 is 0 Å². The van der Waals surface area contributed by atoms with Crippen molar-refractivity contribution in [2.24, 2.45) is 0 Å². The van der Waals surface area contributed by atoms with Crippen LogP contribution in [0.3, 0.4) is 0 Å². The number of nitrogens with two attached hydrogens (primary N) is 1. The monoisotopic (exact) mass is 263 g/mol. The molecule has 0 aliphatic heterocycles. The molecule has 2 N–H and O–H groups in total. The smallest absolute Gasteiger partial charge is 0.222 e. The van der Waals surface area contributed by atoms with Gasteiger partial charge in [-0.15, -0.1) is 11.3 Å². The third-order valence-corrected chi connectivity index (χ3v) is 3.45. The van der Waals surface area contributed by atoms with Crippen LogP contribution in [-0.2, 0) is 6.61 Å². The van der Waals surface area contributed by atoms with Gasteiger partial charge in [0.1, 0.15) is 18.2 Å². The average molecular weight is 263 g/mol. The van der Waals surface area contributed by atoms with Crippen LogP contribution in [0.25, 0.3) is 0 Å². The molecule has 0 atom stereocenters. The number of nitrogens with zero attached hydrogens (tertiary/aromatic N) is 2. The van der Waals surface area contributed by atoms with E-state index < -0.39 is 0 Å². The van der Waals surface area contributed by atoms with Gasteiger partial charge in [0.15, 0.2) is 0 Å². The first kappa shape index (κ1) is 12.8. The molecular formula is C13H17N3OS. The van der Waals surface area contributed by atoms with Crippen molar-refractivity contribution < 1.29 is 4.74 Å². The third kappa shape index (κ3) is 2.79. The summed E-state index contributed by atoms with van der Waals surface area (Å²) < 4.78 is 5.73. The summed E-state index contributed by atoms with van der Waals surface area (Å²) in [6.45, 7) is 6.47. The van der Waals surface area contributed by atoms with Gasteiger partial charge in [0.25, 0.3) is 0 Å². The van der Waals surface area contributed by atoms with Crippen LogP contribution in [-0.4, -0.2) is 9.97 Å². The molecule has 2 rings (SSSR count). The Morgan fingerprint density at radius 3 is 2.78 bits per heavy atom. The predicted octanol–water partition coefficient (Wildman–Crippen LogP) is 3.13. The van der Waals surface area contributed by atoms with Gasteiger partial charge in [-0.05, 0) is 18.4 Å². The quantitative estimate of drug-likeness (QED) is 0.920. The van der Waals surface area contributed by atoms with Crippen LogP contribution >= 0.6 is 11.3 Å². The zero-order valence-electron chi connectivity index (χ0n) is 10.8. The molecule has 0 saturated carbocycles. The van der Waals surface area contributed by atoms with Gasteiger partial charge in [0, 0.05) is 10.8 Å². The van der Waals surface area contributed by atoms with Crippen molar-refractivity contribution in [2.75, 3.05) is 5.73 Å². The Hall–Kier alpha value is -1.62. The summed E-state index contributed by atoms with van der Waals surface area (Å²) in [6.07, 6.45) is 0. The molecule has 96 valence electrons. The highest BCUT2D eigenvalue weighted by Crippen LogP contribution is 2.24. The zero-order valence-corrected chi connectivity index (χ0v) is 11.6. The van der Waals surface area contributed by atoms with Crippen molar-refractivity contribution in [2.45, 2.75) is 33.3 Å². The lowest BCUT2D eigenvalue weighted by molar-refractivity contribution is 0.293. The molecule has 0 spiro atoms. The Kier molecular flexibility index (Phi) is 3.81. The number of hydrogen-bond acceptors (Lipinski definition) is 5. The second-order valence-corrected chi connectivity index (χ2v) is 5.45. The molecule has 0 aliphatic rings. The summed E-state index contributed by atoms with van der Waals surface area (Å²) in [6, 6.07) is 4.04. The minimum absolute atomic E-state index is 0.233. The highest BCUT2D eigenvalue weighted by Gasteiger charge is 2.12. The Morgan fingerprint density at radius 1 is 1.39 bits per heavy atom. The molecule has 0 saturated heterocycles. The van der Waals surface area contributed by atoms with Gasteiger partial charge >= 0.3 is 0 Å². The molecule has 0 aliphatic carbocycles. The lowest BCUT2D eigenvalue weighted by atomic mass is 10.2. The Bertz CT molecular complexity index is 523. The number of rotatable bonds is 4. The fourth-order valence-corrected chi connectivity index (χ4v) is 2.08. The minimum atomic E-state index is 0.233. The molecule has 18 heavy (non-hydrogen) atoms. The van der Waals surface area contributed by atoms with E-state index in [1.54, 1.807) is 11.3 Å². The van der Waals surface area contributed by atoms with Gasteiger partial charge in [-0.25, -0.2) is 4.98 Å². The molecule has 2 heterocycles. The van der Waals surface area contributed by atoms with Crippen LogP contribution in [0, 0.1) is 6.92 Å². The first-order valence-corrected chi connectivity index (χ1v) is 6.75. The van der Waals surface area contributed by atoms with Crippen LogP contribution < -0.4 is 10.5 Å². The van der Waals surface area contributed by atoms with E-state index in [0.717, 1.165) is 16.3 Å². The highest BCUT2D eigenvalue weighted by atomic mass is 32.1. The molecule has 2 aromatic heterocycles. The van der Waals surface area contributed by atoms with Crippen LogP contribution in [0.1, 0.15) is 36.0 Å². The second kappa shape index (κ2) is 5.35. The van der Waals surface area contributed by atoms with Crippen molar-refractivity contribution in [1.29, 1.82) is 0 Å². The fourth-order valence-electron chi connectivity index (χ4n) is 1.46. The average Bonchev–Trinajstić information content (AvgIpc) is 2.83. The van der Waals surface area contributed by atoms with Gasteiger partial charge < -0.3 is 10.5 Å². The maximum atomic E-state index is 5.88. The van der Waals surface area contributed by atoms with Crippen molar-refractivity contribution in [3.63, 3.8) is 0 Å². The van der Waals surface area contributed by atoms with E-state index in [2.05, 4.69) is 9.97 Å². The van der Waals surface area contributed by atoms with Gasteiger partial charge in [-0.3, -0.25) is 0 Å². The number of hydrogen-bond donors (Lipinski definition) is 1. The maximum Gasteiger partial charge on any atom is 0.222 e. The summed E-state index contributed by atoms with van der Waals surface area (Å²) >= 11 is 1.66. The maximum absolute atomic E-state index is 5.88.